The molecule has 0 unspecified atom stereocenters. The molecule has 70 valence electrons. The molecule has 0 radical (unpaired) electrons. The summed E-state index contributed by atoms with van der Waals surface area (Å²) in [6.07, 6.45) is 1.82. The lowest BCUT2D eigenvalue weighted by molar-refractivity contribution is 0.784. The van der Waals surface area contributed by atoms with Crippen LogP contribution >= 0.6 is 24.8 Å². The molecule has 2 nitrogen and oxygen atoms in total. The number of nitrogens with zero attached hydrogens (tertiary/aromatic N) is 1. The van der Waals surface area contributed by atoms with Crippen molar-refractivity contribution in [2.24, 2.45) is 0 Å². The van der Waals surface area contributed by atoms with Crippen LogP contribution in [0.3, 0.4) is 0 Å². The molecule has 4 heteroatoms. The van der Waals surface area contributed by atoms with Crippen molar-refractivity contribution in [1.82, 2.24) is 10.3 Å². The average Bonchev–Trinajstić information content (AvgIpc) is 1.94. The Kier molecular flexibility index (Phi) is 8.71. The molecule has 0 aliphatic carbocycles. The lowest BCUT2D eigenvalue weighted by atomic mass is 10.2. The summed E-state index contributed by atoms with van der Waals surface area (Å²) in [5.74, 6) is 0. The third-order valence-electron chi connectivity index (χ3n) is 1.46. The van der Waals surface area contributed by atoms with Gasteiger partial charge in [-0.05, 0) is 25.6 Å². The minimum absolute atomic E-state index is 0. The van der Waals surface area contributed by atoms with Crippen LogP contribution in [0.2, 0.25) is 0 Å². The van der Waals surface area contributed by atoms with Gasteiger partial charge in [-0.3, -0.25) is 4.98 Å². The number of aryl methyl sites for hydroxylation is 1. The monoisotopic (exact) mass is 208 g/mol. The molecule has 1 aromatic rings. The van der Waals surface area contributed by atoms with Gasteiger partial charge in [0.25, 0.3) is 0 Å². The number of rotatable bonds is 2. The summed E-state index contributed by atoms with van der Waals surface area (Å²) in [4.78, 5) is 4.21. The molecular formula is C8H14Cl2N2. The van der Waals surface area contributed by atoms with E-state index < -0.39 is 0 Å². The smallest absolute Gasteiger partial charge is 0.0570 e. The molecule has 0 spiro atoms. The van der Waals surface area contributed by atoms with Gasteiger partial charge in [-0.25, -0.2) is 0 Å². The molecule has 0 amide bonds. The third-order valence-corrected chi connectivity index (χ3v) is 1.46. The van der Waals surface area contributed by atoms with E-state index in [-0.39, 0.29) is 24.8 Å². The number of aromatic nitrogens is 1. The maximum absolute atomic E-state index is 4.21. The van der Waals surface area contributed by atoms with Crippen LogP contribution in [0, 0.1) is 6.92 Å². The minimum atomic E-state index is 0. The summed E-state index contributed by atoms with van der Waals surface area (Å²) in [6.45, 7) is 2.92. The van der Waals surface area contributed by atoms with E-state index >= 15 is 0 Å². The molecule has 0 fully saturated rings. The Labute approximate surface area is 85.6 Å². The first-order valence-electron chi connectivity index (χ1n) is 3.39. The molecule has 0 aromatic carbocycles. The van der Waals surface area contributed by atoms with Gasteiger partial charge in [0, 0.05) is 12.7 Å². The fourth-order valence-electron chi connectivity index (χ4n) is 0.871. The van der Waals surface area contributed by atoms with E-state index in [9.17, 15) is 0 Å². The Balaban J connectivity index is 0. The maximum Gasteiger partial charge on any atom is 0.0570 e. The van der Waals surface area contributed by atoms with Crippen molar-refractivity contribution in [2.75, 3.05) is 7.05 Å². The third kappa shape index (κ3) is 3.90. The van der Waals surface area contributed by atoms with Crippen molar-refractivity contribution in [1.29, 1.82) is 0 Å². The first-order chi connectivity index (χ1) is 4.84. The summed E-state index contributed by atoms with van der Waals surface area (Å²) in [6, 6.07) is 4.02. The Morgan fingerprint density at radius 3 is 2.58 bits per heavy atom. The Morgan fingerprint density at radius 1 is 1.42 bits per heavy atom. The van der Waals surface area contributed by atoms with E-state index in [2.05, 4.69) is 23.3 Å². The van der Waals surface area contributed by atoms with E-state index in [4.69, 9.17) is 0 Å². The lowest BCUT2D eigenvalue weighted by Gasteiger charge is -2.00. The summed E-state index contributed by atoms with van der Waals surface area (Å²) < 4.78 is 0. The zero-order chi connectivity index (χ0) is 7.40. The van der Waals surface area contributed by atoms with E-state index in [0.29, 0.717) is 0 Å². The standard InChI is InChI=1S/C8H12N2.2ClH/c1-7-4-3-5-10-8(7)6-9-2;;/h3-5,9H,6H2,1-2H3;2*1H. The molecule has 1 N–H and O–H groups in total. The number of halogens is 2. The van der Waals surface area contributed by atoms with Gasteiger partial charge < -0.3 is 5.32 Å². The molecule has 1 rings (SSSR count). The minimum Gasteiger partial charge on any atom is -0.314 e. The van der Waals surface area contributed by atoms with Crippen LogP contribution in [-0.2, 0) is 6.54 Å². The summed E-state index contributed by atoms with van der Waals surface area (Å²) in [5, 5.41) is 3.06. The van der Waals surface area contributed by atoms with E-state index in [1.807, 2.05) is 19.3 Å². The van der Waals surface area contributed by atoms with Crippen molar-refractivity contribution >= 4 is 24.8 Å². The van der Waals surface area contributed by atoms with Gasteiger partial charge in [0.2, 0.25) is 0 Å². The van der Waals surface area contributed by atoms with E-state index in [0.717, 1.165) is 12.2 Å². The quantitative estimate of drug-likeness (QED) is 0.805. The highest BCUT2D eigenvalue weighted by Gasteiger charge is 1.93. The molecule has 0 saturated carbocycles. The normalized spacial score (nSPS) is 8.17. The molecule has 0 bridgehead atoms. The van der Waals surface area contributed by atoms with Gasteiger partial charge in [-0.2, -0.15) is 0 Å². The molecule has 0 aliphatic heterocycles. The first-order valence-corrected chi connectivity index (χ1v) is 3.39. The Morgan fingerprint density at radius 2 is 2.08 bits per heavy atom. The van der Waals surface area contributed by atoms with Crippen LogP contribution in [0.4, 0.5) is 0 Å². The molecule has 0 atom stereocenters. The fourth-order valence-corrected chi connectivity index (χ4v) is 0.871. The summed E-state index contributed by atoms with van der Waals surface area (Å²) in [7, 11) is 1.92. The number of pyridine rings is 1. The molecule has 0 saturated heterocycles. The topological polar surface area (TPSA) is 24.9 Å². The fraction of sp³-hybridized carbons (Fsp3) is 0.375. The van der Waals surface area contributed by atoms with Crippen LogP contribution in [0.15, 0.2) is 18.3 Å². The second-order valence-corrected chi connectivity index (χ2v) is 2.30. The molecule has 1 aromatic heterocycles. The maximum atomic E-state index is 4.21. The van der Waals surface area contributed by atoms with E-state index in [1.165, 1.54) is 5.56 Å². The second kappa shape index (κ2) is 7.35. The largest absolute Gasteiger partial charge is 0.314 e. The number of hydrogen-bond donors (Lipinski definition) is 1. The van der Waals surface area contributed by atoms with Crippen LogP contribution < -0.4 is 5.32 Å². The van der Waals surface area contributed by atoms with Crippen molar-refractivity contribution < 1.29 is 0 Å². The Hall–Kier alpha value is -0.310. The van der Waals surface area contributed by atoms with E-state index in [1.54, 1.807) is 0 Å². The van der Waals surface area contributed by atoms with Crippen LogP contribution in [0.25, 0.3) is 0 Å². The Bertz CT molecular complexity index is 216. The van der Waals surface area contributed by atoms with Gasteiger partial charge in [-0.1, -0.05) is 6.07 Å². The highest BCUT2D eigenvalue weighted by molar-refractivity contribution is 5.85. The van der Waals surface area contributed by atoms with Crippen molar-refractivity contribution in [3.63, 3.8) is 0 Å². The summed E-state index contributed by atoms with van der Waals surface area (Å²) in [5.41, 5.74) is 2.38. The predicted octanol–water partition coefficient (Wildman–Crippen LogP) is 1.95. The van der Waals surface area contributed by atoms with Gasteiger partial charge in [0.15, 0.2) is 0 Å². The highest BCUT2D eigenvalue weighted by Crippen LogP contribution is 2.01. The van der Waals surface area contributed by atoms with Crippen molar-refractivity contribution in [3.8, 4) is 0 Å². The van der Waals surface area contributed by atoms with Crippen LogP contribution in [-0.4, -0.2) is 12.0 Å². The van der Waals surface area contributed by atoms with Crippen LogP contribution in [0.5, 0.6) is 0 Å². The van der Waals surface area contributed by atoms with Crippen molar-refractivity contribution in [3.05, 3.63) is 29.6 Å². The van der Waals surface area contributed by atoms with Gasteiger partial charge in [0.05, 0.1) is 5.69 Å². The summed E-state index contributed by atoms with van der Waals surface area (Å²) >= 11 is 0. The highest BCUT2D eigenvalue weighted by atomic mass is 35.5. The predicted molar refractivity (Wildman–Crippen MR) is 56.2 cm³/mol. The zero-order valence-electron chi connectivity index (χ0n) is 7.20. The number of nitrogens with one attached hydrogen (secondary N) is 1. The van der Waals surface area contributed by atoms with Gasteiger partial charge >= 0.3 is 0 Å². The zero-order valence-corrected chi connectivity index (χ0v) is 8.84. The van der Waals surface area contributed by atoms with Crippen LogP contribution in [0.1, 0.15) is 11.3 Å². The first kappa shape index (κ1) is 14.2. The lowest BCUT2D eigenvalue weighted by Crippen LogP contribution is -2.07. The second-order valence-electron chi connectivity index (χ2n) is 2.30. The average molecular weight is 209 g/mol. The SMILES string of the molecule is CNCc1ncccc1C.Cl.Cl. The molecule has 12 heavy (non-hydrogen) atoms. The van der Waals surface area contributed by atoms with Gasteiger partial charge in [0.1, 0.15) is 0 Å². The molecule has 0 aliphatic rings. The number of hydrogen-bond acceptors (Lipinski definition) is 2. The van der Waals surface area contributed by atoms with Crippen molar-refractivity contribution in [2.45, 2.75) is 13.5 Å². The molecular weight excluding hydrogens is 195 g/mol. The van der Waals surface area contributed by atoms with Gasteiger partial charge in [-0.15, -0.1) is 24.8 Å². The molecule has 1 heterocycles.